The molecule has 0 unspecified atom stereocenters. The summed E-state index contributed by atoms with van der Waals surface area (Å²) in [4.78, 5) is 25.3. The van der Waals surface area contributed by atoms with Crippen LogP contribution in [0.2, 0.25) is 10.0 Å². The molecule has 0 bridgehead atoms. The third-order valence-corrected chi connectivity index (χ3v) is 5.90. The van der Waals surface area contributed by atoms with Gasteiger partial charge in [-0.15, -0.1) is 0 Å². The van der Waals surface area contributed by atoms with E-state index in [1.165, 1.54) is 19.0 Å². The number of aromatic amines is 1. The van der Waals surface area contributed by atoms with Crippen molar-refractivity contribution in [3.63, 3.8) is 0 Å². The predicted octanol–water partition coefficient (Wildman–Crippen LogP) is 7.43. The van der Waals surface area contributed by atoms with Crippen molar-refractivity contribution in [1.82, 2.24) is 15.0 Å². The zero-order chi connectivity index (χ0) is 30.3. The molecular formula is C24H17Cl2F7N6O2. The first-order chi connectivity index (χ1) is 19.0. The largest absolute Gasteiger partial charge is 0.483 e. The summed E-state index contributed by atoms with van der Waals surface area (Å²) in [6.45, 7) is -1.78. The summed E-state index contributed by atoms with van der Waals surface area (Å²) in [7, 11) is 2.86. The van der Waals surface area contributed by atoms with Crippen LogP contribution in [0.3, 0.4) is 0 Å². The van der Waals surface area contributed by atoms with Crippen molar-refractivity contribution in [3.8, 4) is 5.75 Å². The Labute approximate surface area is 236 Å². The summed E-state index contributed by atoms with van der Waals surface area (Å²) >= 11 is 12.0. The van der Waals surface area contributed by atoms with Crippen molar-refractivity contribution >= 4 is 63.4 Å². The predicted molar refractivity (Wildman–Crippen MR) is 139 cm³/mol. The lowest BCUT2D eigenvalue weighted by Gasteiger charge is -2.17. The van der Waals surface area contributed by atoms with Crippen molar-refractivity contribution in [1.29, 1.82) is 0 Å². The summed E-state index contributed by atoms with van der Waals surface area (Å²) in [5, 5.41) is 4.69. The number of amides is 1. The molecule has 0 spiro atoms. The van der Waals surface area contributed by atoms with E-state index in [2.05, 4.69) is 25.6 Å². The molecule has 2 heterocycles. The molecule has 4 aromatic rings. The van der Waals surface area contributed by atoms with Gasteiger partial charge in [-0.2, -0.15) is 26.3 Å². The number of hydrogen-bond donors (Lipinski definition) is 3. The van der Waals surface area contributed by atoms with E-state index in [0.717, 1.165) is 30.3 Å². The molecule has 0 saturated heterocycles. The number of alkyl halides is 6. The molecular weight excluding hydrogens is 608 g/mol. The smallest absolute Gasteiger partial charge is 0.422 e. The Morgan fingerprint density at radius 3 is 2.24 bits per heavy atom. The van der Waals surface area contributed by atoms with E-state index in [0.29, 0.717) is 6.07 Å². The molecule has 0 fully saturated rings. The number of rotatable bonds is 7. The highest BCUT2D eigenvalue weighted by Crippen LogP contribution is 2.36. The maximum absolute atomic E-state index is 13.5. The van der Waals surface area contributed by atoms with Gasteiger partial charge in [0.15, 0.2) is 6.61 Å². The van der Waals surface area contributed by atoms with Gasteiger partial charge in [0.1, 0.15) is 23.2 Å². The summed E-state index contributed by atoms with van der Waals surface area (Å²) in [6, 6.07) is 5.41. The normalized spacial score (nSPS) is 12.0. The van der Waals surface area contributed by atoms with Gasteiger partial charge in [-0.1, -0.05) is 23.2 Å². The van der Waals surface area contributed by atoms with Crippen LogP contribution in [0, 0.1) is 5.82 Å². The van der Waals surface area contributed by atoms with Crippen LogP contribution in [0.1, 0.15) is 15.9 Å². The highest BCUT2D eigenvalue weighted by molar-refractivity contribution is 6.39. The third-order valence-electron chi connectivity index (χ3n) is 5.31. The number of H-pyrrole nitrogens is 1. The van der Waals surface area contributed by atoms with Crippen LogP contribution in [0.15, 0.2) is 36.4 Å². The van der Waals surface area contributed by atoms with E-state index in [9.17, 15) is 35.5 Å². The number of imidazole rings is 1. The van der Waals surface area contributed by atoms with Gasteiger partial charge >= 0.3 is 12.4 Å². The molecule has 0 aliphatic carbocycles. The Hall–Kier alpha value is -3.98. The monoisotopic (exact) mass is 624 g/mol. The molecule has 0 atom stereocenters. The average molecular weight is 625 g/mol. The van der Waals surface area contributed by atoms with E-state index in [-0.39, 0.29) is 38.5 Å². The van der Waals surface area contributed by atoms with Crippen LogP contribution in [0.4, 0.5) is 54.0 Å². The maximum atomic E-state index is 13.5. The first kappa shape index (κ1) is 30.0. The number of nitrogens with one attached hydrogen (secondary N) is 3. The molecule has 0 aliphatic heterocycles. The van der Waals surface area contributed by atoms with E-state index < -0.39 is 53.4 Å². The third kappa shape index (κ3) is 7.21. The minimum Gasteiger partial charge on any atom is -0.483 e. The molecule has 2 aromatic carbocycles. The molecule has 218 valence electrons. The van der Waals surface area contributed by atoms with Crippen molar-refractivity contribution in [3.05, 3.63) is 63.4 Å². The zero-order valence-electron chi connectivity index (χ0n) is 20.7. The second kappa shape index (κ2) is 11.1. The topological polar surface area (TPSA) is 95.2 Å². The van der Waals surface area contributed by atoms with Crippen LogP contribution < -0.4 is 20.3 Å². The Morgan fingerprint density at radius 1 is 1.00 bits per heavy atom. The molecule has 8 nitrogen and oxygen atoms in total. The number of nitrogens with zero attached hydrogens (tertiary/aromatic N) is 3. The van der Waals surface area contributed by atoms with Crippen LogP contribution in [0.5, 0.6) is 5.75 Å². The second-order valence-corrected chi connectivity index (χ2v) is 9.48. The summed E-state index contributed by atoms with van der Waals surface area (Å²) in [6.07, 6.45) is -9.55. The molecule has 3 N–H and O–H groups in total. The Morgan fingerprint density at radius 2 is 1.66 bits per heavy atom. The number of carbonyl (C=O) groups is 1. The number of carbonyl (C=O) groups excluding carboxylic acids is 1. The molecule has 17 heteroatoms. The standard InChI is InChI=1S/C24H17Cl2F7N6O2/c1-39(2)19-4-10(24(31,32)33)3-18(36-19)37-21(40)12-7-15-16(8-17(12)41-9-23(28,29)30)35-22(34-15)38-20-13(25)5-11(27)6-14(20)26/h3-8H,9H2,1-2H3,(H2,34,35,38)(H,36,37,40). The van der Waals surface area contributed by atoms with E-state index in [4.69, 9.17) is 27.9 Å². The Bertz CT molecular complexity index is 1600. The SMILES string of the molecule is CN(C)c1cc(C(F)(F)F)cc(NC(=O)c2cc3[nH]c(Nc4c(Cl)cc(F)cc4Cl)nc3cc2OCC(F)(F)F)n1. The van der Waals surface area contributed by atoms with E-state index in [1.807, 2.05) is 0 Å². The van der Waals surface area contributed by atoms with Gasteiger partial charge in [-0.25, -0.2) is 14.4 Å². The van der Waals surface area contributed by atoms with Gasteiger partial charge in [-0.3, -0.25) is 4.79 Å². The zero-order valence-corrected chi connectivity index (χ0v) is 22.2. The molecule has 0 saturated carbocycles. The van der Waals surface area contributed by atoms with Gasteiger partial charge in [-0.05, 0) is 30.3 Å². The van der Waals surface area contributed by atoms with Gasteiger partial charge < -0.3 is 25.3 Å². The Kier molecular flexibility index (Phi) is 8.14. The van der Waals surface area contributed by atoms with Gasteiger partial charge in [0, 0.05) is 20.2 Å². The fraction of sp³-hybridized carbons (Fsp3) is 0.208. The first-order valence-electron chi connectivity index (χ1n) is 11.2. The van der Waals surface area contributed by atoms with Gasteiger partial charge in [0.2, 0.25) is 5.95 Å². The molecule has 0 radical (unpaired) electrons. The lowest BCUT2D eigenvalue weighted by Crippen LogP contribution is -2.22. The number of benzene rings is 2. The van der Waals surface area contributed by atoms with Crippen LogP contribution >= 0.6 is 23.2 Å². The van der Waals surface area contributed by atoms with Crippen LogP contribution in [-0.4, -0.2) is 47.7 Å². The lowest BCUT2D eigenvalue weighted by molar-refractivity contribution is -0.153. The Balaban J connectivity index is 1.73. The lowest BCUT2D eigenvalue weighted by atomic mass is 10.1. The number of anilines is 4. The molecule has 4 rings (SSSR count). The quantitative estimate of drug-likeness (QED) is 0.185. The molecule has 0 aliphatic rings. The van der Waals surface area contributed by atoms with Crippen LogP contribution in [-0.2, 0) is 6.18 Å². The number of halogens is 9. The van der Waals surface area contributed by atoms with Crippen molar-refractivity contribution in [2.45, 2.75) is 12.4 Å². The maximum Gasteiger partial charge on any atom is 0.422 e. The molecule has 2 aromatic heterocycles. The minimum absolute atomic E-state index is 0.0302. The number of hydrogen-bond acceptors (Lipinski definition) is 6. The van der Waals surface area contributed by atoms with Crippen LogP contribution in [0.25, 0.3) is 11.0 Å². The highest BCUT2D eigenvalue weighted by atomic mass is 35.5. The van der Waals surface area contributed by atoms with E-state index in [1.54, 1.807) is 0 Å². The van der Waals surface area contributed by atoms with Gasteiger partial charge in [0.05, 0.1) is 37.9 Å². The van der Waals surface area contributed by atoms with Crippen molar-refractivity contribution in [2.24, 2.45) is 0 Å². The summed E-state index contributed by atoms with van der Waals surface area (Å²) in [5.41, 5.74) is -1.38. The minimum atomic E-state index is -4.78. The average Bonchev–Trinajstić information content (AvgIpc) is 3.24. The molecule has 1 amide bonds. The second-order valence-electron chi connectivity index (χ2n) is 8.67. The van der Waals surface area contributed by atoms with Crippen molar-refractivity contribution < 1.29 is 40.3 Å². The fourth-order valence-corrected chi connectivity index (χ4v) is 4.04. The van der Waals surface area contributed by atoms with E-state index >= 15 is 0 Å². The van der Waals surface area contributed by atoms with Crippen molar-refractivity contribution in [2.75, 3.05) is 36.2 Å². The fourth-order valence-electron chi connectivity index (χ4n) is 3.49. The van der Waals surface area contributed by atoms with Gasteiger partial charge in [0.25, 0.3) is 5.91 Å². The summed E-state index contributed by atoms with van der Waals surface area (Å²) in [5.74, 6) is -3.07. The number of pyridine rings is 1. The molecule has 41 heavy (non-hydrogen) atoms. The number of fused-ring (bicyclic) bond motifs is 1. The number of aromatic nitrogens is 3. The highest BCUT2D eigenvalue weighted by Gasteiger charge is 2.33. The first-order valence-corrected chi connectivity index (χ1v) is 12.0. The summed E-state index contributed by atoms with van der Waals surface area (Å²) < 4.78 is 97.4. The number of ether oxygens (including phenoxy) is 1.